The summed E-state index contributed by atoms with van der Waals surface area (Å²) in [5.41, 5.74) is 0.762. The van der Waals surface area contributed by atoms with Crippen molar-refractivity contribution in [2.24, 2.45) is 0 Å². The molecule has 0 heterocycles. The van der Waals surface area contributed by atoms with E-state index in [-0.39, 0.29) is 5.78 Å². The topological polar surface area (TPSA) is 35.5 Å². The Morgan fingerprint density at radius 2 is 1.94 bits per heavy atom. The van der Waals surface area contributed by atoms with Crippen molar-refractivity contribution >= 4 is 5.78 Å². The fourth-order valence-electron chi connectivity index (χ4n) is 1.72. The van der Waals surface area contributed by atoms with Gasteiger partial charge in [-0.05, 0) is 43.5 Å². The Labute approximate surface area is 108 Å². The lowest BCUT2D eigenvalue weighted by molar-refractivity contribution is 0.0880. The van der Waals surface area contributed by atoms with E-state index in [0.29, 0.717) is 25.7 Å². The van der Waals surface area contributed by atoms with Crippen LogP contribution in [0.1, 0.15) is 43.0 Å². The maximum absolute atomic E-state index is 11.6. The molecule has 0 radical (unpaired) electrons. The van der Waals surface area contributed by atoms with Gasteiger partial charge in [0.2, 0.25) is 0 Å². The molecule has 0 aromatic heterocycles. The molecule has 0 unspecified atom stereocenters. The van der Waals surface area contributed by atoms with Gasteiger partial charge in [0.1, 0.15) is 12.4 Å². The highest BCUT2D eigenvalue weighted by Crippen LogP contribution is 2.23. The van der Waals surface area contributed by atoms with Crippen LogP contribution in [0.15, 0.2) is 24.3 Å². The summed E-state index contributed by atoms with van der Waals surface area (Å²) in [6.07, 6.45) is 4.34. The number of Topliss-reactive ketones (excluding diaryl/α,β-unsaturated/α-hetero) is 1. The first-order valence-electron chi connectivity index (χ1n) is 6.67. The van der Waals surface area contributed by atoms with Crippen molar-refractivity contribution in [2.45, 2.75) is 38.7 Å². The van der Waals surface area contributed by atoms with Gasteiger partial charge in [0, 0.05) is 12.0 Å². The van der Waals surface area contributed by atoms with Crippen LogP contribution in [0, 0.1) is 0 Å². The maximum Gasteiger partial charge on any atom is 0.162 e. The molecule has 1 aliphatic carbocycles. The molecule has 0 atom stereocenters. The smallest absolute Gasteiger partial charge is 0.162 e. The Morgan fingerprint density at radius 1 is 1.22 bits per heavy atom. The number of carbonyl (C=O) groups is 1. The summed E-state index contributed by atoms with van der Waals surface area (Å²) in [4.78, 5) is 11.6. The van der Waals surface area contributed by atoms with Gasteiger partial charge in [0.05, 0.1) is 12.7 Å². The van der Waals surface area contributed by atoms with Crippen LogP contribution in [0.25, 0.3) is 0 Å². The Bertz CT molecular complexity index is 379. The zero-order valence-corrected chi connectivity index (χ0v) is 10.9. The number of benzene rings is 1. The van der Waals surface area contributed by atoms with E-state index in [4.69, 9.17) is 9.47 Å². The van der Waals surface area contributed by atoms with E-state index in [2.05, 4.69) is 0 Å². The number of carbonyl (C=O) groups excluding carboxylic acids is 1. The molecule has 1 fully saturated rings. The summed E-state index contributed by atoms with van der Waals surface area (Å²) in [6, 6.07) is 7.35. The molecule has 0 spiro atoms. The van der Waals surface area contributed by atoms with E-state index < -0.39 is 0 Å². The Balaban J connectivity index is 1.73. The molecular formula is C15H20O3. The Kier molecular flexibility index (Phi) is 4.76. The minimum Gasteiger partial charge on any atom is -0.491 e. The minimum atomic E-state index is 0.195. The third-order valence-corrected chi connectivity index (χ3v) is 2.88. The van der Waals surface area contributed by atoms with Crippen LogP contribution < -0.4 is 4.74 Å². The zero-order valence-electron chi connectivity index (χ0n) is 10.9. The number of ketones is 1. The summed E-state index contributed by atoms with van der Waals surface area (Å²) in [7, 11) is 0. The van der Waals surface area contributed by atoms with E-state index >= 15 is 0 Å². The molecule has 0 aliphatic heterocycles. The van der Waals surface area contributed by atoms with E-state index in [0.717, 1.165) is 17.7 Å². The van der Waals surface area contributed by atoms with E-state index in [1.165, 1.54) is 12.8 Å². The molecule has 18 heavy (non-hydrogen) atoms. The highest BCUT2D eigenvalue weighted by Gasteiger charge is 2.21. The molecule has 0 N–H and O–H groups in total. The second-order valence-corrected chi connectivity index (χ2v) is 4.62. The third-order valence-electron chi connectivity index (χ3n) is 2.88. The van der Waals surface area contributed by atoms with Crippen molar-refractivity contribution in [1.82, 2.24) is 0 Å². The fourth-order valence-corrected chi connectivity index (χ4v) is 1.72. The minimum absolute atomic E-state index is 0.195. The van der Waals surface area contributed by atoms with Crippen molar-refractivity contribution in [3.8, 4) is 5.75 Å². The monoisotopic (exact) mass is 248 g/mol. The molecule has 98 valence electrons. The predicted octanol–water partition coefficient (Wildman–Crippen LogP) is 3.23. The zero-order chi connectivity index (χ0) is 12.8. The molecule has 0 amide bonds. The highest BCUT2D eigenvalue weighted by molar-refractivity contribution is 5.96. The molecule has 2 rings (SSSR count). The summed E-state index contributed by atoms with van der Waals surface area (Å²) in [5, 5.41) is 0. The van der Waals surface area contributed by atoms with Crippen LogP contribution in [-0.2, 0) is 4.74 Å². The van der Waals surface area contributed by atoms with Crippen LogP contribution in [0.3, 0.4) is 0 Å². The quantitative estimate of drug-likeness (QED) is 0.523. The van der Waals surface area contributed by atoms with Gasteiger partial charge in [-0.2, -0.15) is 0 Å². The lowest BCUT2D eigenvalue weighted by atomic mass is 10.1. The SMILES string of the molecule is CCCC(=O)c1ccc(OCCOC2CC2)cc1. The van der Waals surface area contributed by atoms with Crippen LogP contribution in [0.5, 0.6) is 5.75 Å². The average molecular weight is 248 g/mol. The molecule has 1 aromatic carbocycles. The molecule has 3 heteroatoms. The van der Waals surface area contributed by atoms with Gasteiger partial charge in [-0.3, -0.25) is 4.79 Å². The van der Waals surface area contributed by atoms with Gasteiger partial charge in [-0.1, -0.05) is 6.92 Å². The lowest BCUT2D eigenvalue weighted by Gasteiger charge is -2.07. The lowest BCUT2D eigenvalue weighted by Crippen LogP contribution is -2.07. The van der Waals surface area contributed by atoms with Crippen LogP contribution in [0.4, 0.5) is 0 Å². The standard InChI is InChI=1S/C15H20O3/c1-2-3-15(16)12-4-6-13(7-5-12)17-10-11-18-14-8-9-14/h4-7,14H,2-3,8-11H2,1H3. The van der Waals surface area contributed by atoms with E-state index in [1.807, 2.05) is 31.2 Å². The van der Waals surface area contributed by atoms with Crippen molar-refractivity contribution < 1.29 is 14.3 Å². The number of ether oxygens (including phenoxy) is 2. The van der Waals surface area contributed by atoms with Gasteiger partial charge in [0.15, 0.2) is 5.78 Å². The summed E-state index contributed by atoms with van der Waals surface area (Å²) >= 11 is 0. The predicted molar refractivity (Wildman–Crippen MR) is 70.1 cm³/mol. The molecule has 0 bridgehead atoms. The first-order valence-corrected chi connectivity index (χ1v) is 6.67. The second-order valence-electron chi connectivity index (χ2n) is 4.62. The normalized spacial score (nSPS) is 14.5. The van der Waals surface area contributed by atoms with Crippen molar-refractivity contribution in [1.29, 1.82) is 0 Å². The largest absolute Gasteiger partial charge is 0.491 e. The maximum atomic E-state index is 11.6. The summed E-state index contributed by atoms with van der Waals surface area (Å²) < 4.78 is 11.0. The van der Waals surface area contributed by atoms with Gasteiger partial charge in [-0.15, -0.1) is 0 Å². The van der Waals surface area contributed by atoms with E-state index in [1.54, 1.807) is 0 Å². The third kappa shape index (κ3) is 4.15. The van der Waals surface area contributed by atoms with Crippen LogP contribution in [0.2, 0.25) is 0 Å². The van der Waals surface area contributed by atoms with Gasteiger partial charge >= 0.3 is 0 Å². The molecule has 1 saturated carbocycles. The number of rotatable bonds is 8. The summed E-state index contributed by atoms with van der Waals surface area (Å²) in [5.74, 6) is 0.989. The van der Waals surface area contributed by atoms with Crippen LogP contribution >= 0.6 is 0 Å². The molecular weight excluding hydrogens is 228 g/mol. The molecule has 3 nitrogen and oxygen atoms in total. The van der Waals surface area contributed by atoms with Crippen molar-refractivity contribution in [2.75, 3.05) is 13.2 Å². The summed E-state index contributed by atoms with van der Waals surface area (Å²) in [6.45, 7) is 3.22. The molecule has 0 saturated heterocycles. The van der Waals surface area contributed by atoms with Crippen molar-refractivity contribution in [3.05, 3.63) is 29.8 Å². The number of hydrogen-bond acceptors (Lipinski definition) is 3. The average Bonchev–Trinajstić information content (AvgIpc) is 3.20. The van der Waals surface area contributed by atoms with Gasteiger partial charge in [0.25, 0.3) is 0 Å². The Morgan fingerprint density at radius 3 is 2.56 bits per heavy atom. The van der Waals surface area contributed by atoms with E-state index in [9.17, 15) is 4.79 Å². The molecule has 1 aliphatic rings. The Hall–Kier alpha value is -1.35. The fraction of sp³-hybridized carbons (Fsp3) is 0.533. The number of hydrogen-bond donors (Lipinski definition) is 0. The van der Waals surface area contributed by atoms with Crippen molar-refractivity contribution in [3.63, 3.8) is 0 Å². The van der Waals surface area contributed by atoms with Gasteiger partial charge < -0.3 is 9.47 Å². The van der Waals surface area contributed by atoms with Gasteiger partial charge in [-0.25, -0.2) is 0 Å². The first-order chi connectivity index (χ1) is 8.79. The first kappa shape index (κ1) is 13.1. The highest BCUT2D eigenvalue weighted by atomic mass is 16.5. The van der Waals surface area contributed by atoms with Crippen LogP contribution in [-0.4, -0.2) is 25.1 Å². The molecule has 1 aromatic rings. The second kappa shape index (κ2) is 6.55.